The van der Waals surface area contributed by atoms with Crippen molar-refractivity contribution in [2.75, 3.05) is 19.8 Å². The Morgan fingerprint density at radius 3 is 2.43 bits per heavy atom. The average Bonchev–Trinajstić information content (AvgIpc) is 2.38. The van der Waals surface area contributed by atoms with Crippen LogP contribution in [0.2, 0.25) is 0 Å². The second-order valence-corrected chi connectivity index (χ2v) is 6.12. The first kappa shape index (κ1) is 10.4. The van der Waals surface area contributed by atoms with Crippen LogP contribution in [0.5, 0.6) is 0 Å². The Morgan fingerprint density at radius 1 is 1.29 bits per heavy atom. The zero-order valence-corrected chi connectivity index (χ0v) is 9.73. The third kappa shape index (κ3) is 1.96. The van der Waals surface area contributed by atoms with Gasteiger partial charge in [-0.3, -0.25) is 0 Å². The molecule has 1 heterocycles. The Kier molecular flexibility index (Phi) is 2.61. The molecule has 0 spiro atoms. The second kappa shape index (κ2) is 3.49. The summed E-state index contributed by atoms with van der Waals surface area (Å²) in [6, 6.07) is 0.722. The summed E-state index contributed by atoms with van der Waals surface area (Å²) in [5.41, 5.74) is 0.916. The van der Waals surface area contributed by atoms with Gasteiger partial charge in [-0.15, -0.1) is 0 Å². The lowest BCUT2D eigenvalue weighted by Gasteiger charge is -2.40. The first-order chi connectivity index (χ1) is 6.52. The molecule has 1 aliphatic heterocycles. The lowest BCUT2D eigenvalue weighted by Crippen LogP contribution is -2.51. The van der Waals surface area contributed by atoms with E-state index in [9.17, 15) is 0 Å². The van der Waals surface area contributed by atoms with Crippen LogP contribution >= 0.6 is 0 Å². The number of rotatable bonds is 3. The molecule has 0 bridgehead atoms. The smallest absolute Gasteiger partial charge is 0.0554 e. The van der Waals surface area contributed by atoms with Crippen molar-refractivity contribution in [2.24, 2.45) is 10.8 Å². The van der Waals surface area contributed by atoms with Gasteiger partial charge in [0.05, 0.1) is 13.2 Å². The molecular weight excluding hydrogens is 174 g/mol. The van der Waals surface area contributed by atoms with Gasteiger partial charge < -0.3 is 10.1 Å². The van der Waals surface area contributed by atoms with Crippen LogP contribution in [0.1, 0.15) is 40.0 Å². The Bertz CT molecular complexity index is 208. The molecule has 14 heavy (non-hydrogen) atoms. The zero-order chi connectivity index (χ0) is 10.2. The molecule has 0 radical (unpaired) electrons. The molecule has 1 saturated heterocycles. The lowest BCUT2D eigenvalue weighted by molar-refractivity contribution is -0.101. The molecular formula is C12H23NO. The van der Waals surface area contributed by atoms with Crippen LogP contribution in [0.3, 0.4) is 0 Å². The van der Waals surface area contributed by atoms with E-state index in [1.165, 1.54) is 19.3 Å². The summed E-state index contributed by atoms with van der Waals surface area (Å²) in [5.74, 6) is 0. The van der Waals surface area contributed by atoms with Crippen LogP contribution in [0.4, 0.5) is 0 Å². The van der Waals surface area contributed by atoms with E-state index in [2.05, 4.69) is 26.1 Å². The lowest BCUT2D eigenvalue weighted by atomic mass is 9.84. The van der Waals surface area contributed by atoms with Crippen molar-refractivity contribution in [3.8, 4) is 0 Å². The molecule has 0 aromatic carbocycles. The summed E-state index contributed by atoms with van der Waals surface area (Å²) in [6.07, 6.45) is 4.11. The van der Waals surface area contributed by atoms with Gasteiger partial charge in [0.1, 0.15) is 0 Å². The van der Waals surface area contributed by atoms with Gasteiger partial charge in [-0.1, -0.05) is 27.2 Å². The minimum Gasteiger partial charge on any atom is -0.380 e. The normalized spacial score (nSPS) is 34.1. The quantitative estimate of drug-likeness (QED) is 0.749. The van der Waals surface area contributed by atoms with Crippen molar-refractivity contribution in [1.82, 2.24) is 5.32 Å². The summed E-state index contributed by atoms with van der Waals surface area (Å²) in [6.45, 7) is 10.1. The maximum Gasteiger partial charge on any atom is 0.0554 e. The van der Waals surface area contributed by atoms with Gasteiger partial charge in [0, 0.05) is 18.0 Å². The predicted molar refractivity (Wildman–Crippen MR) is 58.3 cm³/mol. The van der Waals surface area contributed by atoms with Crippen LogP contribution in [0.15, 0.2) is 0 Å². The Balaban J connectivity index is 1.80. The van der Waals surface area contributed by atoms with Gasteiger partial charge in [-0.2, -0.15) is 0 Å². The van der Waals surface area contributed by atoms with E-state index in [4.69, 9.17) is 4.74 Å². The highest BCUT2D eigenvalue weighted by Crippen LogP contribution is 2.38. The van der Waals surface area contributed by atoms with Gasteiger partial charge in [0.2, 0.25) is 0 Å². The van der Waals surface area contributed by atoms with E-state index in [1.54, 1.807) is 0 Å². The van der Waals surface area contributed by atoms with Crippen molar-refractivity contribution in [3.05, 3.63) is 0 Å². The summed E-state index contributed by atoms with van der Waals surface area (Å²) >= 11 is 0. The first-order valence-electron chi connectivity index (χ1n) is 5.83. The number of hydrogen-bond acceptors (Lipinski definition) is 2. The highest BCUT2D eigenvalue weighted by atomic mass is 16.5. The van der Waals surface area contributed by atoms with Crippen molar-refractivity contribution in [2.45, 2.75) is 46.1 Å². The third-order valence-electron chi connectivity index (χ3n) is 3.93. The van der Waals surface area contributed by atoms with Crippen LogP contribution in [0, 0.1) is 10.8 Å². The monoisotopic (exact) mass is 197 g/mol. The molecule has 2 fully saturated rings. The van der Waals surface area contributed by atoms with E-state index in [0.717, 1.165) is 25.8 Å². The van der Waals surface area contributed by atoms with Crippen molar-refractivity contribution in [1.29, 1.82) is 0 Å². The van der Waals surface area contributed by atoms with Crippen LogP contribution in [-0.2, 0) is 4.74 Å². The Labute approximate surface area is 87.4 Å². The maximum absolute atomic E-state index is 5.27. The van der Waals surface area contributed by atoms with Crippen molar-refractivity contribution in [3.63, 3.8) is 0 Å². The molecule has 1 saturated carbocycles. The molecule has 1 N–H and O–H groups in total. The molecule has 2 nitrogen and oxygen atoms in total. The van der Waals surface area contributed by atoms with Gasteiger partial charge in [0.15, 0.2) is 0 Å². The standard InChI is InChI=1S/C12H23NO/c1-11(2)6-4-5-10(11)13-7-12(3)8-14-9-12/h10,13H,4-9H2,1-3H3. The predicted octanol–water partition coefficient (Wildman–Crippen LogP) is 2.19. The molecule has 1 atom stereocenters. The van der Waals surface area contributed by atoms with Crippen LogP contribution in [-0.4, -0.2) is 25.8 Å². The Hall–Kier alpha value is -0.0800. The van der Waals surface area contributed by atoms with E-state index in [1.807, 2.05) is 0 Å². The van der Waals surface area contributed by atoms with Gasteiger partial charge >= 0.3 is 0 Å². The largest absolute Gasteiger partial charge is 0.380 e. The number of ether oxygens (including phenoxy) is 1. The van der Waals surface area contributed by atoms with E-state index < -0.39 is 0 Å². The van der Waals surface area contributed by atoms with Crippen LogP contribution in [0.25, 0.3) is 0 Å². The summed E-state index contributed by atoms with van der Waals surface area (Å²) < 4.78 is 5.27. The molecule has 0 aromatic heterocycles. The summed E-state index contributed by atoms with van der Waals surface area (Å²) in [5, 5.41) is 3.73. The fourth-order valence-corrected chi connectivity index (χ4v) is 2.63. The molecule has 2 heteroatoms. The van der Waals surface area contributed by atoms with E-state index in [0.29, 0.717) is 10.8 Å². The van der Waals surface area contributed by atoms with Crippen molar-refractivity contribution >= 4 is 0 Å². The van der Waals surface area contributed by atoms with Gasteiger partial charge in [0.25, 0.3) is 0 Å². The fourth-order valence-electron chi connectivity index (χ4n) is 2.63. The third-order valence-corrected chi connectivity index (χ3v) is 3.93. The van der Waals surface area contributed by atoms with Crippen LogP contribution < -0.4 is 5.32 Å². The molecule has 0 aromatic rings. The van der Waals surface area contributed by atoms with E-state index in [-0.39, 0.29) is 0 Å². The highest BCUT2D eigenvalue weighted by Gasteiger charge is 2.38. The fraction of sp³-hybridized carbons (Fsp3) is 1.00. The summed E-state index contributed by atoms with van der Waals surface area (Å²) in [7, 11) is 0. The zero-order valence-electron chi connectivity index (χ0n) is 9.73. The molecule has 1 unspecified atom stereocenters. The van der Waals surface area contributed by atoms with Gasteiger partial charge in [-0.05, 0) is 18.3 Å². The van der Waals surface area contributed by atoms with Gasteiger partial charge in [-0.25, -0.2) is 0 Å². The number of nitrogens with one attached hydrogen (secondary N) is 1. The molecule has 82 valence electrons. The molecule has 2 aliphatic rings. The maximum atomic E-state index is 5.27. The van der Waals surface area contributed by atoms with E-state index >= 15 is 0 Å². The highest BCUT2D eigenvalue weighted by molar-refractivity contribution is 4.93. The average molecular weight is 197 g/mol. The molecule has 0 amide bonds. The minimum absolute atomic E-state index is 0.415. The first-order valence-corrected chi connectivity index (χ1v) is 5.83. The minimum atomic E-state index is 0.415. The summed E-state index contributed by atoms with van der Waals surface area (Å²) in [4.78, 5) is 0. The molecule has 2 rings (SSSR count). The SMILES string of the molecule is CC1(CNC2CCCC2(C)C)COC1. The Morgan fingerprint density at radius 2 is 2.00 bits per heavy atom. The second-order valence-electron chi connectivity index (χ2n) is 6.12. The van der Waals surface area contributed by atoms with Crippen molar-refractivity contribution < 1.29 is 4.74 Å². The molecule has 1 aliphatic carbocycles. The number of hydrogen-bond donors (Lipinski definition) is 1. The topological polar surface area (TPSA) is 21.3 Å².